The van der Waals surface area contributed by atoms with Crippen LogP contribution < -0.4 is 5.73 Å². The molecule has 2 aromatic rings. The van der Waals surface area contributed by atoms with E-state index in [1.165, 1.54) is 4.68 Å². The van der Waals surface area contributed by atoms with E-state index in [1.54, 1.807) is 37.6 Å². The summed E-state index contributed by atoms with van der Waals surface area (Å²) in [5.41, 5.74) is 6.78. The van der Waals surface area contributed by atoms with E-state index in [0.717, 1.165) is 0 Å². The lowest BCUT2D eigenvalue weighted by Gasteiger charge is -2.02. The van der Waals surface area contributed by atoms with Crippen LogP contribution in [-0.2, 0) is 7.05 Å². The summed E-state index contributed by atoms with van der Waals surface area (Å²) in [4.78, 5) is 15.9. The Kier molecular flexibility index (Phi) is 2.21. The second-order valence-corrected chi connectivity index (χ2v) is 3.11. The number of anilines is 1. The molecule has 0 saturated heterocycles. The minimum Gasteiger partial charge on any atom is -0.397 e. The van der Waals surface area contributed by atoms with Crippen LogP contribution in [0.5, 0.6) is 0 Å². The molecule has 2 aromatic heterocycles. The molecule has 0 radical (unpaired) electrons. The topological polar surface area (TPSA) is 73.8 Å². The Balaban J connectivity index is 2.46. The summed E-state index contributed by atoms with van der Waals surface area (Å²) in [5, 5.41) is 3.92. The number of aryl methyl sites for hydroxylation is 1. The van der Waals surface area contributed by atoms with Gasteiger partial charge in [-0.05, 0) is 18.2 Å². The van der Waals surface area contributed by atoms with Gasteiger partial charge >= 0.3 is 0 Å². The van der Waals surface area contributed by atoms with E-state index >= 15 is 0 Å². The van der Waals surface area contributed by atoms with E-state index in [1.807, 2.05) is 0 Å². The molecule has 0 bridgehead atoms. The van der Waals surface area contributed by atoms with Gasteiger partial charge in [-0.25, -0.2) is 0 Å². The molecule has 15 heavy (non-hydrogen) atoms. The van der Waals surface area contributed by atoms with Crippen molar-refractivity contribution >= 4 is 11.5 Å². The Labute approximate surface area is 86.5 Å². The molecule has 0 aliphatic heterocycles. The standard InChI is InChI=1S/C10H10N4O/c1-14-8(4-6-13-14)10(15)9-7(11)3-2-5-12-9/h2-6H,11H2,1H3. The molecule has 0 amide bonds. The Morgan fingerprint density at radius 1 is 1.40 bits per heavy atom. The predicted molar refractivity (Wildman–Crippen MR) is 55.3 cm³/mol. The third-order valence-corrected chi connectivity index (χ3v) is 2.11. The van der Waals surface area contributed by atoms with Gasteiger partial charge < -0.3 is 5.73 Å². The quantitative estimate of drug-likeness (QED) is 0.725. The third-order valence-electron chi connectivity index (χ3n) is 2.11. The largest absolute Gasteiger partial charge is 0.397 e. The Hall–Kier alpha value is -2.17. The highest BCUT2D eigenvalue weighted by molar-refractivity contribution is 6.09. The van der Waals surface area contributed by atoms with Crippen LogP contribution in [0.4, 0.5) is 5.69 Å². The fourth-order valence-electron chi connectivity index (χ4n) is 1.33. The Bertz CT molecular complexity index is 504. The van der Waals surface area contributed by atoms with Crippen LogP contribution in [0, 0.1) is 0 Å². The highest BCUT2D eigenvalue weighted by Gasteiger charge is 2.16. The fraction of sp³-hybridized carbons (Fsp3) is 0.100. The van der Waals surface area contributed by atoms with Gasteiger partial charge in [-0.1, -0.05) is 0 Å². The van der Waals surface area contributed by atoms with E-state index in [2.05, 4.69) is 10.1 Å². The SMILES string of the molecule is Cn1nccc1C(=O)c1ncccc1N. The zero-order valence-corrected chi connectivity index (χ0v) is 8.21. The average molecular weight is 202 g/mol. The van der Waals surface area contributed by atoms with Crippen molar-refractivity contribution in [3.05, 3.63) is 42.0 Å². The summed E-state index contributed by atoms with van der Waals surface area (Å²) >= 11 is 0. The third kappa shape index (κ3) is 1.59. The van der Waals surface area contributed by atoms with Gasteiger partial charge in [-0.3, -0.25) is 14.5 Å². The number of ketones is 1. The maximum atomic E-state index is 11.9. The maximum Gasteiger partial charge on any atom is 0.231 e. The van der Waals surface area contributed by atoms with Gasteiger partial charge in [0.15, 0.2) is 0 Å². The van der Waals surface area contributed by atoms with Crippen molar-refractivity contribution in [2.45, 2.75) is 0 Å². The van der Waals surface area contributed by atoms with Crippen molar-refractivity contribution < 1.29 is 4.79 Å². The van der Waals surface area contributed by atoms with E-state index < -0.39 is 0 Å². The smallest absolute Gasteiger partial charge is 0.231 e. The number of carbonyl (C=O) groups excluding carboxylic acids is 1. The van der Waals surface area contributed by atoms with Gasteiger partial charge in [0.2, 0.25) is 5.78 Å². The maximum absolute atomic E-state index is 11.9. The minimum absolute atomic E-state index is 0.215. The second kappa shape index (κ2) is 3.53. The molecule has 2 N–H and O–H groups in total. The number of nitrogens with two attached hydrogens (primary N) is 1. The lowest BCUT2D eigenvalue weighted by Crippen LogP contribution is -2.12. The van der Waals surface area contributed by atoms with Gasteiger partial charge in [0.25, 0.3) is 0 Å². The van der Waals surface area contributed by atoms with Crippen molar-refractivity contribution in [2.75, 3.05) is 5.73 Å². The molecule has 0 unspecified atom stereocenters. The first-order chi connectivity index (χ1) is 7.20. The van der Waals surface area contributed by atoms with Crippen molar-refractivity contribution in [2.24, 2.45) is 7.05 Å². The highest BCUT2D eigenvalue weighted by Crippen LogP contribution is 2.12. The number of hydrogen-bond donors (Lipinski definition) is 1. The molecule has 2 heterocycles. The molecular formula is C10H10N4O. The summed E-state index contributed by atoms with van der Waals surface area (Å²) in [7, 11) is 1.70. The monoisotopic (exact) mass is 202 g/mol. The first-order valence-corrected chi connectivity index (χ1v) is 4.43. The summed E-state index contributed by atoms with van der Waals surface area (Å²) in [6.45, 7) is 0. The van der Waals surface area contributed by atoms with E-state index in [4.69, 9.17) is 5.73 Å². The molecule has 0 spiro atoms. The molecule has 0 atom stereocenters. The van der Waals surface area contributed by atoms with Crippen molar-refractivity contribution in [1.82, 2.24) is 14.8 Å². The molecule has 0 fully saturated rings. The predicted octanol–water partition coefficient (Wildman–Crippen LogP) is 0.628. The van der Waals surface area contributed by atoms with Gasteiger partial charge in [0.05, 0.1) is 5.69 Å². The molecule has 0 saturated carbocycles. The molecule has 5 nitrogen and oxygen atoms in total. The van der Waals surface area contributed by atoms with E-state index in [0.29, 0.717) is 11.4 Å². The van der Waals surface area contributed by atoms with Crippen LogP contribution in [0.3, 0.4) is 0 Å². The van der Waals surface area contributed by atoms with Crippen LogP contribution in [0.15, 0.2) is 30.6 Å². The van der Waals surface area contributed by atoms with Gasteiger partial charge in [-0.2, -0.15) is 5.10 Å². The summed E-state index contributed by atoms with van der Waals surface area (Å²) in [6, 6.07) is 4.97. The molecule has 0 aliphatic carbocycles. The first kappa shape index (κ1) is 9.39. The molecule has 0 aliphatic rings. The van der Waals surface area contributed by atoms with Crippen molar-refractivity contribution in [3.8, 4) is 0 Å². The van der Waals surface area contributed by atoms with Crippen molar-refractivity contribution in [3.63, 3.8) is 0 Å². The number of carbonyl (C=O) groups is 1. The Morgan fingerprint density at radius 3 is 2.80 bits per heavy atom. The first-order valence-electron chi connectivity index (χ1n) is 4.43. The molecule has 5 heteroatoms. The molecular weight excluding hydrogens is 192 g/mol. The Morgan fingerprint density at radius 2 is 2.20 bits per heavy atom. The van der Waals surface area contributed by atoms with E-state index in [9.17, 15) is 4.79 Å². The minimum atomic E-state index is -0.215. The van der Waals surface area contributed by atoms with Crippen LogP contribution in [-0.4, -0.2) is 20.5 Å². The lowest BCUT2D eigenvalue weighted by atomic mass is 10.1. The van der Waals surface area contributed by atoms with Crippen LogP contribution in [0.2, 0.25) is 0 Å². The number of aromatic nitrogens is 3. The summed E-state index contributed by atoms with van der Waals surface area (Å²) < 4.78 is 1.50. The summed E-state index contributed by atoms with van der Waals surface area (Å²) in [5.74, 6) is -0.215. The van der Waals surface area contributed by atoms with Crippen LogP contribution in [0.1, 0.15) is 16.2 Å². The average Bonchev–Trinajstić information content (AvgIpc) is 2.64. The number of pyridine rings is 1. The van der Waals surface area contributed by atoms with Crippen molar-refractivity contribution in [1.29, 1.82) is 0 Å². The van der Waals surface area contributed by atoms with Gasteiger partial charge in [0.1, 0.15) is 11.4 Å². The number of hydrogen-bond acceptors (Lipinski definition) is 4. The summed E-state index contributed by atoms with van der Waals surface area (Å²) in [6.07, 6.45) is 3.10. The lowest BCUT2D eigenvalue weighted by molar-refractivity contribution is 0.102. The fourth-order valence-corrected chi connectivity index (χ4v) is 1.33. The molecule has 2 rings (SSSR count). The molecule has 0 aromatic carbocycles. The van der Waals surface area contributed by atoms with Crippen LogP contribution in [0.25, 0.3) is 0 Å². The number of nitrogen functional groups attached to an aromatic ring is 1. The zero-order chi connectivity index (χ0) is 10.8. The highest BCUT2D eigenvalue weighted by atomic mass is 16.1. The van der Waals surface area contributed by atoms with E-state index in [-0.39, 0.29) is 11.5 Å². The normalized spacial score (nSPS) is 10.2. The zero-order valence-electron chi connectivity index (χ0n) is 8.21. The molecule has 76 valence electrons. The van der Waals surface area contributed by atoms with Gasteiger partial charge in [0, 0.05) is 19.4 Å². The second-order valence-electron chi connectivity index (χ2n) is 3.11. The number of nitrogens with zero attached hydrogens (tertiary/aromatic N) is 3. The number of rotatable bonds is 2. The van der Waals surface area contributed by atoms with Crippen LogP contribution >= 0.6 is 0 Å². The van der Waals surface area contributed by atoms with Gasteiger partial charge in [-0.15, -0.1) is 0 Å².